The van der Waals surface area contributed by atoms with Crippen LogP contribution in [0.5, 0.6) is 0 Å². The van der Waals surface area contributed by atoms with E-state index in [-0.39, 0.29) is 12.1 Å². The normalized spacial score (nSPS) is 15.0. The summed E-state index contributed by atoms with van der Waals surface area (Å²) in [5.74, 6) is 0. The third kappa shape index (κ3) is 3.89. The second-order valence-corrected chi connectivity index (χ2v) is 5.27. The Morgan fingerprint density at radius 2 is 2.19 bits per heavy atom. The van der Waals surface area contributed by atoms with E-state index in [1.165, 1.54) is 23.3 Å². The van der Waals surface area contributed by atoms with Gasteiger partial charge in [-0.25, -0.2) is 0 Å². The lowest BCUT2D eigenvalue weighted by Gasteiger charge is -2.21. The lowest BCUT2D eigenvalue weighted by molar-refractivity contribution is 0.0380. The molecule has 0 amide bonds. The molecule has 2 nitrogen and oxygen atoms in total. The van der Waals surface area contributed by atoms with Crippen molar-refractivity contribution in [2.24, 2.45) is 5.73 Å². The summed E-state index contributed by atoms with van der Waals surface area (Å²) in [5.41, 5.74) is 7.29. The van der Waals surface area contributed by atoms with Gasteiger partial charge in [-0.1, -0.05) is 19.8 Å². The van der Waals surface area contributed by atoms with Gasteiger partial charge >= 0.3 is 0 Å². The van der Waals surface area contributed by atoms with E-state index in [1.54, 1.807) is 11.3 Å². The Morgan fingerprint density at radius 3 is 2.69 bits per heavy atom. The van der Waals surface area contributed by atoms with Crippen LogP contribution in [0.3, 0.4) is 0 Å². The van der Waals surface area contributed by atoms with Crippen LogP contribution in [-0.2, 0) is 4.74 Å². The molecule has 0 saturated heterocycles. The third-order valence-electron chi connectivity index (χ3n) is 2.68. The smallest absolute Gasteiger partial charge is 0.107 e. The molecule has 1 aromatic heterocycles. The molecule has 92 valence electrons. The number of nitrogens with two attached hydrogens (primary N) is 1. The molecule has 0 aliphatic rings. The van der Waals surface area contributed by atoms with Crippen LogP contribution in [0.15, 0.2) is 11.4 Å². The molecule has 0 aromatic carbocycles. The quantitative estimate of drug-likeness (QED) is 0.740. The van der Waals surface area contributed by atoms with Gasteiger partial charge in [0.15, 0.2) is 0 Å². The van der Waals surface area contributed by atoms with Crippen LogP contribution in [0, 0.1) is 6.92 Å². The SMILES string of the molecule is CCCCCOC(c1sccc1C)C(C)N. The van der Waals surface area contributed by atoms with Crippen LogP contribution in [-0.4, -0.2) is 12.6 Å². The first-order chi connectivity index (χ1) is 7.66. The molecule has 0 bridgehead atoms. The highest BCUT2D eigenvalue weighted by atomic mass is 32.1. The standard InChI is InChI=1S/C13H23NOS/c1-4-5-6-8-15-12(11(3)14)13-10(2)7-9-16-13/h7,9,11-12H,4-6,8,14H2,1-3H3. The minimum absolute atomic E-state index is 0.0546. The molecule has 0 fully saturated rings. The Morgan fingerprint density at radius 1 is 1.44 bits per heavy atom. The zero-order valence-electron chi connectivity index (χ0n) is 10.5. The Labute approximate surface area is 103 Å². The predicted octanol–water partition coefficient (Wildman–Crippen LogP) is 3.65. The molecule has 0 spiro atoms. The third-order valence-corrected chi connectivity index (χ3v) is 3.76. The molecule has 0 saturated carbocycles. The second kappa shape index (κ2) is 7.05. The minimum Gasteiger partial charge on any atom is -0.371 e. The molecule has 0 aliphatic heterocycles. The molecule has 2 unspecified atom stereocenters. The summed E-state index contributed by atoms with van der Waals surface area (Å²) in [6.45, 7) is 7.16. The number of thiophene rings is 1. The summed E-state index contributed by atoms with van der Waals surface area (Å²) in [6.07, 6.45) is 3.65. The molecular weight excluding hydrogens is 218 g/mol. The van der Waals surface area contributed by atoms with Crippen molar-refractivity contribution in [1.29, 1.82) is 0 Å². The van der Waals surface area contributed by atoms with E-state index in [0.29, 0.717) is 0 Å². The first-order valence-electron chi connectivity index (χ1n) is 6.08. The van der Waals surface area contributed by atoms with Crippen LogP contribution in [0.25, 0.3) is 0 Å². The fourth-order valence-corrected chi connectivity index (χ4v) is 2.79. The molecule has 2 atom stereocenters. The molecule has 1 aromatic rings. The van der Waals surface area contributed by atoms with Crippen LogP contribution in [0.2, 0.25) is 0 Å². The van der Waals surface area contributed by atoms with Crippen LogP contribution >= 0.6 is 11.3 Å². The molecule has 1 rings (SSSR count). The van der Waals surface area contributed by atoms with Crippen molar-refractivity contribution < 1.29 is 4.74 Å². The van der Waals surface area contributed by atoms with Crippen molar-refractivity contribution in [3.05, 3.63) is 21.9 Å². The van der Waals surface area contributed by atoms with E-state index in [9.17, 15) is 0 Å². The van der Waals surface area contributed by atoms with E-state index in [0.717, 1.165) is 13.0 Å². The molecule has 3 heteroatoms. The monoisotopic (exact) mass is 241 g/mol. The Balaban J connectivity index is 2.52. The maximum atomic E-state index is 5.99. The molecule has 1 heterocycles. The number of aryl methyl sites for hydroxylation is 1. The fraction of sp³-hybridized carbons (Fsp3) is 0.692. The van der Waals surface area contributed by atoms with Crippen molar-refractivity contribution in [1.82, 2.24) is 0 Å². The number of hydrogen-bond acceptors (Lipinski definition) is 3. The minimum atomic E-state index is 0.0546. The maximum absolute atomic E-state index is 5.99. The van der Waals surface area contributed by atoms with Crippen LogP contribution in [0.4, 0.5) is 0 Å². The Bertz CT molecular complexity index is 296. The van der Waals surface area contributed by atoms with E-state index in [2.05, 4.69) is 25.3 Å². The van der Waals surface area contributed by atoms with Crippen molar-refractivity contribution in [2.75, 3.05) is 6.61 Å². The number of unbranched alkanes of at least 4 members (excludes halogenated alkanes) is 2. The first kappa shape index (κ1) is 13.7. The van der Waals surface area contributed by atoms with Gasteiger partial charge in [-0.3, -0.25) is 0 Å². The summed E-state index contributed by atoms with van der Waals surface area (Å²) >= 11 is 1.74. The van der Waals surface area contributed by atoms with Crippen molar-refractivity contribution >= 4 is 11.3 Å². The van der Waals surface area contributed by atoms with Gasteiger partial charge < -0.3 is 10.5 Å². The lowest BCUT2D eigenvalue weighted by atomic mass is 10.1. The second-order valence-electron chi connectivity index (χ2n) is 4.33. The van der Waals surface area contributed by atoms with Crippen molar-refractivity contribution in [3.8, 4) is 0 Å². The van der Waals surface area contributed by atoms with Gasteiger partial charge in [0, 0.05) is 17.5 Å². The Hall–Kier alpha value is -0.380. The van der Waals surface area contributed by atoms with E-state index < -0.39 is 0 Å². The van der Waals surface area contributed by atoms with Crippen molar-refractivity contribution in [2.45, 2.75) is 52.2 Å². The highest BCUT2D eigenvalue weighted by molar-refractivity contribution is 7.10. The van der Waals surface area contributed by atoms with Crippen LogP contribution in [0.1, 0.15) is 49.7 Å². The van der Waals surface area contributed by atoms with Gasteiger partial charge in [-0.15, -0.1) is 11.3 Å². The summed E-state index contributed by atoms with van der Waals surface area (Å²) in [4.78, 5) is 1.28. The van der Waals surface area contributed by atoms with Crippen LogP contribution < -0.4 is 5.73 Å². The summed E-state index contributed by atoms with van der Waals surface area (Å²) < 4.78 is 5.92. The molecule has 16 heavy (non-hydrogen) atoms. The average Bonchev–Trinajstić information content (AvgIpc) is 2.64. The van der Waals surface area contributed by atoms with Gasteiger partial charge in [0.1, 0.15) is 6.10 Å². The predicted molar refractivity (Wildman–Crippen MR) is 70.9 cm³/mol. The molecule has 0 aliphatic carbocycles. The molecule has 2 N–H and O–H groups in total. The highest BCUT2D eigenvalue weighted by Gasteiger charge is 2.19. The lowest BCUT2D eigenvalue weighted by Crippen LogP contribution is -2.27. The number of ether oxygens (including phenoxy) is 1. The largest absolute Gasteiger partial charge is 0.371 e. The van der Waals surface area contributed by atoms with Gasteiger partial charge in [0.25, 0.3) is 0 Å². The average molecular weight is 241 g/mol. The summed E-state index contributed by atoms with van der Waals surface area (Å²) in [6, 6.07) is 2.18. The molecule has 0 radical (unpaired) electrons. The van der Waals surface area contributed by atoms with Gasteiger partial charge in [0.2, 0.25) is 0 Å². The maximum Gasteiger partial charge on any atom is 0.107 e. The zero-order valence-corrected chi connectivity index (χ0v) is 11.3. The Kier molecular flexibility index (Phi) is 6.03. The fourth-order valence-electron chi connectivity index (χ4n) is 1.70. The first-order valence-corrected chi connectivity index (χ1v) is 6.96. The van der Waals surface area contributed by atoms with Gasteiger partial charge in [0.05, 0.1) is 0 Å². The highest BCUT2D eigenvalue weighted by Crippen LogP contribution is 2.28. The van der Waals surface area contributed by atoms with Gasteiger partial charge in [-0.2, -0.15) is 0 Å². The molecular formula is C13H23NOS. The topological polar surface area (TPSA) is 35.2 Å². The van der Waals surface area contributed by atoms with Crippen molar-refractivity contribution in [3.63, 3.8) is 0 Å². The summed E-state index contributed by atoms with van der Waals surface area (Å²) in [7, 11) is 0. The number of rotatable bonds is 7. The number of hydrogen-bond donors (Lipinski definition) is 1. The van der Waals surface area contributed by atoms with E-state index in [4.69, 9.17) is 10.5 Å². The summed E-state index contributed by atoms with van der Waals surface area (Å²) in [5, 5.41) is 2.11. The van der Waals surface area contributed by atoms with E-state index in [1.807, 2.05) is 6.92 Å². The zero-order chi connectivity index (χ0) is 12.0. The van der Waals surface area contributed by atoms with Gasteiger partial charge in [-0.05, 0) is 37.3 Å². The van der Waals surface area contributed by atoms with E-state index >= 15 is 0 Å².